The maximum atomic E-state index is 13.1. The van der Waals surface area contributed by atoms with Gasteiger partial charge in [-0.25, -0.2) is 4.68 Å². The molecule has 3 saturated heterocycles. The quantitative estimate of drug-likeness (QED) is 0.355. The van der Waals surface area contributed by atoms with E-state index in [1.165, 1.54) is 15.8 Å². The normalized spacial score (nSPS) is 23.7. The Labute approximate surface area is 288 Å². The van der Waals surface area contributed by atoms with Gasteiger partial charge in [-0.2, -0.15) is 5.10 Å². The van der Waals surface area contributed by atoms with Crippen LogP contribution in [0.25, 0.3) is 0 Å². The molecular weight excluding hydrogens is 676 g/mol. The fourth-order valence-corrected chi connectivity index (χ4v) is 8.05. The summed E-state index contributed by atoms with van der Waals surface area (Å²) < 4.78 is 1.84. The molecule has 0 radical (unpaired) electrons. The highest BCUT2D eigenvalue weighted by atomic mass is 79.9. The number of benzene rings is 2. The number of hydrogen-bond acceptors (Lipinski definition) is 9. The van der Waals surface area contributed by atoms with Crippen molar-refractivity contribution >= 4 is 45.0 Å². The third kappa shape index (κ3) is 6.63. The molecule has 0 saturated carbocycles. The van der Waals surface area contributed by atoms with E-state index in [0.29, 0.717) is 28.9 Å². The summed E-state index contributed by atoms with van der Waals surface area (Å²) in [6.07, 6.45) is 3.30. The van der Waals surface area contributed by atoms with Crippen molar-refractivity contribution in [2.24, 2.45) is 7.05 Å². The number of piperidine rings is 2. The number of carbonyl (C=O) groups excluding carboxylic acids is 3. The summed E-state index contributed by atoms with van der Waals surface area (Å²) in [5, 5.41) is 10.1. The highest BCUT2D eigenvalue weighted by Gasteiger charge is 2.39. The molecule has 3 fully saturated rings. The zero-order valence-electron chi connectivity index (χ0n) is 27.3. The van der Waals surface area contributed by atoms with Crippen LogP contribution in [-0.4, -0.2) is 101 Å². The van der Waals surface area contributed by atoms with E-state index in [9.17, 15) is 19.2 Å². The van der Waals surface area contributed by atoms with Gasteiger partial charge in [-0.1, -0.05) is 24.3 Å². The number of hydrogen-bond donors (Lipinski definition) is 2. The Hall–Kier alpha value is -4.07. The molecule has 4 aliphatic rings. The van der Waals surface area contributed by atoms with Crippen LogP contribution < -0.4 is 21.1 Å². The number of fused-ring (bicyclic) bond motifs is 1. The molecule has 252 valence electrons. The lowest BCUT2D eigenvalue weighted by Crippen LogP contribution is -2.52. The van der Waals surface area contributed by atoms with Crippen LogP contribution >= 0.6 is 15.9 Å². The Balaban J connectivity index is 0.921. The number of carbonyl (C=O) groups is 3. The topological polar surface area (TPSA) is 123 Å². The molecule has 3 aromatic rings. The number of halogens is 1. The summed E-state index contributed by atoms with van der Waals surface area (Å²) in [4.78, 5) is 58.2. The molecule has 2 N–H and O–H groups in total. The van der Waals surface area contributed by atoms with E-state index in [2.05, 4.69) is 83.7 Å². The van der Waals surface area contributed by atoms with Crippen LogP contribution in [0.1, 0.15) is 52.2 Å². The van der Waals surface area contributed by atoms with Crippen molar-refractivity contribution in [3.05, 3.63) is 85.7 Å². The standard InChI is InChI=1S/C35H41BrN8O4/c1-40-19-24(15-26(21-40)38-29-17-37-41(2)35(48)32(29)36)23-5-3-22(4-6-23)18-42-11-13-43(14-12-42)27-7-8-28-25(16-27)20-44(34(28)47)30-9-10-31(45)39-33(30)46/h3-8,16-17,24,26,30,38H,9-15,18-21H2,1-2H3,(H,39,45,46). The molecule has 48 heavy (non-hydrogen) atoms. The lowest BCUT2D eigenvalue weighted by molar-refractivity contribution is -0.136. The highest BCUT2D eigenvalue weighted by molar-refractivity contribution is 9.10. The minimum absolute atomic E-state index is 0.139. The van der Waals surface area contributed by atoms with Crippen LogP contribution in [0.5, 0.6) is 0 Å². The van der Waals surface area contributed by atoms with E-state index < -0.39 is 6.04 Å². The van der Waals surface area contributed by atoms with E-state index in [1.54, 1.807) is 18.1 Å². The number of rotatable bonds is 7. The molecule has 3 unspecified atom stereocenters. The first-order valence-electron chi connectivity index (χ1n) is 16.6. The van der Waals surface area contributed by atoms with E-state index >= 15 is 0 Å². The Morgan fingerprint density at radius 1 is 0.979 bits per heavy atom. The molecule has 0 aliphatic carbocycles. The minimum Gasteiger partial charge on any atom is -0.379 e. The van der Waals surface area contributed by atoms with Crippen molar-refractivity contribution in [2.45, 2.75) is 50.4 Å². The van der Waals surface area contributed by atoms with Crippen LogP contribution in [0.15, 0.2) is 57.9 Å². The van der Waals surface area contributed by atoms with Gasteiger partial charge in [-0.05, 0) is 76.6 Å². The minimum atomic E-state index is -0.598. The van der Waals surface area contributed by atoms with Gasteiger partial charge in [-0.15, -0.1) is 0 Å². The number of aryl methyl sites for hydroxylation is 1. The summed E-state index contributed by atoms with van der Waals surface area (Å²) in [7, 11) is 3.79. The molecule has 0 bridgehead atoms. The summed E-state index contributed by atoms with van der Waals surface area (Å²) in [6.45, 7) is 6.83. The van der Waals surface area contributed by atoms with Gasteiger partial charge in [0.15, 0.2) is 0 Å². The summed E-state index contributed by atoms with van der Waals surface area (Å²) >= 11 is 3.44. The molecule has 12 nitrogen and oxygen atoms in total. The molecule has 1 aromatic heterocycles. The Bertz CT molecular complexity index is 1790. The van der Waals surface area contributed by atoms with Crippen molar-refractivity contribution in [2.75, 3.05) is 56.5 Å². The lowest BCUT2D eigenvalue weighted by atomic mass is 9.87. The molecule has 4 aliphatic heterocycles. The number of likely N-dealkylation sites (tertiary alicyclic amines) is 1. The second-order valence-corrected chi connectivity index (χ2v) is 14.3. The van der Waals surface area contributed by atoms with Crippen molar-refractivity contribution in [3.63, 3.8) is 0 Å². The first-order valence-corrected chi connectivity index (χ1v) is 17.4. The SMILES string of the molecule is CN1CC(Nc2cnn(C)c(=O)c2Br)CC(c2ccc(CN3CCN(c4ccc5c(c4)CN(C4CCC(=O)NC4=O)C5=O)CC3)cc2)C1. The van der Waals surface area contributed by atoms with Crippen molar-refractivity contribution in [1.82, 2.24) is 29.8 Å². The number of likely N-dealkylation sites (N-methyl/N-ethyl adjacent to an activating group) is 1. The third-order valence-corrected chi connectivity index (χ3v) is 10.9. The lowest BCUT2D eigenvalue weighted by Gasteiger charge is -2.37. The first kappa shape index (κ1) is 32.5. The largest absolute Gasteiger partial charge is 0.379 e. The van der Waals surface area contributed by atoms with Crippen LogP contribution in [0.2, 0.25) is 0 Å². The zero-order valence-corrected chi connectivity index (χ0v) is 28.9. The van der Waals surface area contributed by atoms with Gasteiger partial charge in [0.05, 0.1) is 11.9 Å². The Kier molecular flexibility index (Phi) is 9.10. The number of aromatic nitrogens is 2. The molecule has 3 amide bonds. The van der Waals surface area contributed by atoms with Crippen LogP contribution in [0.3, 0.4) is 0 Å². The van der Waals surface area contributed by atoms with Crippen molar-refractivity contribution in [1.29, 1.82) is 0 Å². The smallest absolute Gasteiger partial charge is 0.282 e. The van der Waals surface area contributed by atoms with E-state index in [-0.39, 0.29) is 35.7 Å². The van der Waals surface area contributed by atoms with Gasteiger partial charge >= 0.3 is 0 Å². The summed E-state index contributed by atoms with van der Waals surface area (Å²) in [5.74, 6) is -0.414. The summed E-state index contributed by atoms with van der Waals surface area (Å²) in [6, 6.07) is 14.6. The average molecular weight is 718 g/mol. The van der Waals surface area contributed by atoms with Gasteiger partial charge in [0.25, 0.3) is 11.5 Å². The van der Waals surface area contributed by atoms with Gasteiger partial charge < -0.3 is 20.0 Å². The molecule has 3 atom stereocenters. The molecule has 2 aromatic carbocycles. The highest BCUT2D eigenvalue weighted by Crippen LogP contribution is 2.32. The number of nitrogens with one attached hydrogen (secondary N) is 2. The summed E-state index contributed by atoms with van der Waals surface area (Å²) in [5.41, 5.74) is 5.88. The van der Waals surface area contributed by atoms with Gasteiger partial charge in [0.1, 0.15) is 10.5 Å². The number of piperazine rings is 1. The maximum absolute atomic E-state index is 13.1. The van der Waals surface area contributed by atoms with Crippen LogP contribution in [-0.2, 0) is 29.7 Å². The van der Waals surface area contributed by atoms with E-state index in [4.69, 9.17) is 0 Å². The fourth-order valence-electron chi connectivity index (χ4n) is 7.57. The monoisotopic (exact) mass is 716 g/mol. The number of amides is 3. The first-order chi connectivity index (χ1) is 23.1. The third-order valence-electron chi connectivity index (χ3n) is 10.2. The molecule has 7 rings (SSSR count). The van der Waals surface area contributed by atoms with E-state index in [0.717, 1.165) is 69.2 Å². The molecular formula is C35H41BrN8O4. The maximum Gasteiger partial charge on any atom is 0.282 e. The predicted octanol–water partition coefficient (Wildman–Crippen LogP) is 2.53. The van der Waals surface area contributed by atoms with Crippen molar-refractivity contribution in [3.8, 4) is 0 Å². The predicted molar refractivity (Wildman–Crippen MR) is 186 cm³/mol. The Morgan fingerprint density at radius 2 is 1.75 bits per heavy atom. The fraction of sp³-hybridized carbons (Fsp3) is 0.457. The Morgan fingerprint density at radius 3 is 2.50 bits per heavy atom. The molecule has 13 heteroatoms. The molecule has 0 spiro atoms. The van der Waals surface area contributed by atoms with Gasteiger partial charge in [-0.3, -0.25) is 29.4 Å². The van der Waals surface area contributed by atoms with E-state index in [1.807, 2.05) is 12.1 Å². The van der Waals surface area contributed by atoms with Gasteiger partial charge in [0.2, 0.25) is 11.8 Å². The molecule has 5 heterocycles. The van der Waals surface area contributed by atoms with Crippen LogP contribution in [0, 0.1) is 0 Å². The second kappa shape index (κ2) is 13.4. The van der Waals surface area contributed by atoms with Crippen molar-refractivity contribution < 1.29 is 14.4 Å². The average Bonchev–Trinajstić information content (AvgIpc) is 3.40. The number of imide groups is 1. The second-order valence-electron chi connectivity index (χ2n) is 13.5. The number of anilines is 2. The van der Waals surface area contributed by atoms with Crippen LogP contribution in [0.4, 0.5) is 11.4 Å². The van der Waals surface area contributed by atoms with Gasteiger partial charge in [0, 0.05) is 83.1 Å². The zero-order chi connectivity index (χ0) is 33.5. The number of nitrogens with zero attached hydrogens (tertiary/aromatic N) is 6.